The number of nitrogen functional groups attached to an aromatic ring is 1. The van der Waals surface area contributed by atoms with Crippen LogP contribution in [0.2, 0.25) is 5.02 Å². The standard InChI is InChI=1S/C12H14ClNO2/c1-7-4-8(6-16-7)12(15)10-3-2-9(14)5-11(10)13/h2-3,5,7-8H,4,6,14H2,1H3. The van der Waals surface area contributed by atoms with Gasteiger partial charge in [0.1, 0.15) is 0 Å². The molecule has 1 fully saturated rings. The Kier molecular flexibility index (Phi) is 3.17. The van der Waals surface area contributed by atoms with E-state index in [1.807, 2.05) is 6.92 Å². The van der Waals surface area contributed by atoms with Gasteiger partial charge in [0, 0.05) is 17.2 Å². The summed E-state index contributed by atoms with van der Waals surface area (Å²) in [5.41, 5.74) is 6.69. The summed E-state index contributed by atoms with van der Waals surface area (Å²) in [6.07, 6.45) is 0.918. The van der Waals surface area contributed by atoms with Crippen LogP contribution in [-0.4, -0.2) is 18.5 Å². The number of rotatable bonds is 2. The lowest BCUT2D eigenvalue weighted by atomic mass is 9.95. The molecular weight excluding hydrogens is 226 g/mol. The lowest BCUT2D eigenvalue weighted by molar-refractivity contribution is 0.0878. The summed E-state index contributed by atoms with van der Waals surface area (Å²) in [5, 5.41) is 0.421. The Morgan fingerprint density at radius 1 is 1.56 bits per heavy atom. The first-order valence-corrected chi connectivity index (χ1v) is 5.66. The zero-order valence-corrected chi connectivity index (χ0v) is 9.83. The van der Waals surface area contributed by atoms with E-state index in [1.54, 1.807) is 18.2 Å². The molecule has 86 valence electrons. The molecule has 0 aromatic heterocycles. The summed E-state index contributed by atoms with van der Waals surface area (Å²) in [6.45, 7) is 2.46. The van der Waals surface area contributed by atoms with Crippen molar-refractivity contribution in [3.05, 3.63) is 28.8 Å². The van der Waals surface area contributed by atoms with E-state index in [1.165, 1.54) is 0 Å². The van der Waals surface area contributed by atoms with E-state index in [2.05, 4.69) is 0 Å². The summed E-state index contributed by atoms with van der Waals surface area (Å²) in [4.78, 5) is 12.1. The number of benzene rings is 1. The van der Waals surface area contributed by atoms with Crippen LogP contribution in [0.25, 0.3) is 0 Å². The molecule has 4 heteroatoms. The number of Topliss-reactive ketones (excluding diaryl/α,β-unsaturated/α-hetero) is 1. The molecule has 0 bridgehead atoms. The predicted octanol–water partition coefficient (Wildman–Crippen LogP) is 2.53. The minimum atomic E-state index is -0.0730. The minimum absolute atomic E-state index is 0.0503. The van der Waals surface area contributed by atoms with Crippen molar-refractivity contribution < 1.29 is 9.53 Å². The SMILES string of the molecule is CC1CC(C(=O)c2ccc(N)cc2Cl)CO1. The van der Waals surface area contributed by atoms with Crippen LogP contribution in [0.15, 0.2) is 18.2 Å². The topological polar surface area (TPSA) is 52.3 Å². The number of carbonyl (C=O) groups excluding carboxylic acids is 1. The Hall–Kier alpha value is -1.06. The van der Waals surface area contributed by atoms with Crippen molar-refractivity contribution in [2.24, 2.45) is 5.92 Å². The summed E-state index contributed by atoms with van der Waals surface area (Å²) in [6, 6.07) is 4.98. The maximum absolute atomic E-state index is 12.1. The predicted molar refractivity (Wildman–Crippen MR) is 63.7 cm³/mol. The summed E-state index contributed by atoms with van der Waals surface area (Å²) in [5.74, 6) is -0.0227. The van der Waals surface area contributed by atoms with Crippen molar-refractivity contribution in [1.29, 1.82) is 0 Å². The molecule has 0 spiro atoms. The van der Waals surface area contributed by atoms with Gasteiger partial charge in [-0.25, -0.2) is 0 Å². The molecule has 3 nitrogen and oxygen atoms in total. The third kappa shape index (κ3) is 2.20. The highest BCUT2D eigenvalue weighted by Gasteiger charge is 2.29. The molecule has 1 saturated heterocycles. The van der Waals surface area contributed by atoms with E-state index in [-0.39, 0.29) is 17.8 Å². The molecule has 0 amide bonds. The molecule has 0 saturated carbocycles. The number of nitrogens with two attached hydrogens (primary N) is 1. The second kappa shape index (κ2) is 4.44. The van der Waals surface area contributed by atoms with Gasteiger partial charge in [-0.3, -0.25) is 4.79 Å². The van der Waals surface area contributed by atoms with E-state index in [9.17, 15) is 4.79 Å². The third-order valence-corrected chi connectivity index (χ3v) is 3.14. The van der Waals surface area contributed by atoms with Crippen molar-refractivity contribution in [2.45, 2.75) is 19.4 Å². The van der Waals surface area contributed by atoms with Crippen molar-refractivity contribution in [1.82, 2.24) is 0 Å². The molecule has 2 unspecified atom stereocenters. The first-order valence-electron chi connectivity index (χ1n) is 5.28. The maximum Gasteiger partial charge on any atom is 0.169 e. The van der Waals surface area contributed by atoms with Gasteiger partial charge in [-0.05, 0) is 31.5 Å². The summed E-state index contributed by atoms with van der Waals surface area (Å²) < 4.78 is 5.38. The van der Waals surface area contributed by atoms with Crippen molar-refractivity contribution >= 4 is 23.1 Å². The third-order valence-electron chi connectivity index (χ3n) is 2.83. The van der Waals surface area contributed by atoms with Crippen LogP contribution < -0.4 is 5.73 Å². The second-order valence-corrected chi connectivity index (χ2v) is 4.59. The van der Waals surface area contributed by atoms with E-state index in [0.29, 0.717) is 22.9 Å². The average molecular weight is 240 g/mol. The van der Waals surface area contributed by atoms with Gasteiger partial charge < -0.3 is 10.5 Å². The molecule has 2 rings (SSSR count). The van der Waals surface area contributed by atoms with Gasteiger partial charge in [-0.2, -0.15) is 0 Å². The molecule has 1 aliphatic rings. The van der Waals surface area contributed by atoms with E-state index in [4.69, 9.17) is 22.1 Å². The normalized spacial score (nSPS) is 24.6. The molecule has 0 radical (unpaired) electrons. The van der Waals surface area contributed by atoms with E-state index < -0.39 is 0 Å². The molecule has 2 atom stereocenters. The largest absolute Gasteiger partial charge is 0.399 e. The molecule has 1 aromatic rings. The molecular formula is C12H14ClNO2. The van der Waals surface area contributed by atoms with Gasteiger partial charge in [0.2, 0.25) is 0 Å². The van der Waals surface area contributed by atoms with Gasteiger partial charge in [0.15, 0.2) is 5.78 Å². The lowest BCUT2D eigenvalue weighted by Gasteiger charge is -2.08. The van der Waals surface area contributed by atoms with E-state index >= 15 is 0 Å². The Labute approximate surface area is 99.5 Å². The minimum Gasteiger partial charge on any atom is -0.399 e. The van der Waals surface area contributed by atoms with Crippen LogP contribution in [0.3, 0.4) is 0 Å². The zero-order valence-electron chi connectivity index (χ0n) is 9.07. The van der Waals surface area contributed by atoms with Crippen molar-refractivity contribution in [2.75, 3.05) is 12.3 Å². The zero-order chi connectivity index (χ0) is 11.7. The van der Waals surface area contributed by atoms with Gasteiger partial charge >= 0.3 is 0 Å². The molecule has 1 aliphatic heterocycles. The van der Waals surface area contributed by atoms with Crippen LogP contribution in [0.5, 0.6) is 0 Å². The second-order valence-electron chi connectivity index (χ2n) is 4.18. The van der Waals surface area contributed by atoms with Gasteiger partial charge in [0.05, 0.1) is 17.7 Å². The number of carbonyl (C=O) groups is 1. The number of halogens is 1. The highest BCUT2D eigenvalue weighted by molar-refractivity contribution is 6.34. The Morgan fingerprint density at radius 3 is 2.88 bits per heavy atom. The monoisotopic (exact) mass is 239 g/mol. The smallest absolute Gasteiger partial charge is 0.169 e. The Morgan fingerprint density at radius 2 is 2.31 bits per heavy atom. The number of ketones is 1. The molecule has 0 aliphatic carbocycles. The Balaban J connectivity index is 2.21. The molecule has 2 N–H and O–H groups in total. The highest BCUT2D eigenvalue weighted by Crippen LogP contribution is 2.27. The first kappa shape index (κ1) is 11.4. The number of hydrogen-bond donors (Lipinski definition) is 1. The van der Waals surface area contributed by atoms with Crippen LogP contribution in [0.4, 0.5) is 5.69 Å². The van der Waals surface area contributed by atoms with Crippen molar-refractivity contribution in [3.63, 3.8) is 0 Å². The van der Waals surface area contributed by atoms with Gasteiger partial charge in [-0.1, -0.05) is 11.6 Å². The lowest BCUT2D eigenvalue weighted by Crippen LogP contribution is -2.15. The molecule has 1 aromatic carbocycles. The highest BCUT2D eigenvalue weighted by atomic mass is 35.5. The van der Waals surface area contributed by atoms with Gasteiger partial charge in [-0.15, -0.1) is 0 Å². The number of ether oxygens (including phenoxy) is 1. The first-order chi connectivity index (χ1) is 7.58. The van der Waals surface area contributed by atoms with Crippen molar-refractivity contribution in [3.8, 4) is 0 Å². The number of hydrogen-bond acceptors (Lipinski definition) is 3. The van der Waals surface area contributed by atoms with Crippen LogP contribution in [0, 0.1) is 5.92 Å². The summed E-state index contributed by atoms with van der Waals surface area (Å²) in [7, 11) is 0. The van der Waals surface area contributed by atoms with E-state index in [0.717, 1.165) is 6.42 Å². The number of anilines is 1. The van der Waals surface area contributed by atoms with Crippen LogP contribution >= 0.6 is 11.6 Å². The fourth-order valence-corrected chi connectivity index (χ4v) is 2.23. The Bertz CT molecular complexity index is 419. The fourth-order valence-electron chi connectivity index (χ4n) is 1.95. The van der Waals surface area contributed by atoms with Gasteiger partial charge in [0.25, 0.3) is 0 Å². The quantitative estimate of drug-likeness (QED) is 0.637. The molecule has 1 heterocycles. The summed E-state index contributed by atoms with van der Waals surface area (Å²) >= 11 is 6.00. The fraction of sp³-hybridized carbons (Fsp3) is 0.417. The average Bonchev–Trinajstić information content (AvgIpc) is 2.64. The maximum atomic E-state index is 12.1. The van der Waals surface area contributed by atoms with Crippen LogP contribution in [-0.2, 0) is 4.74 Å². The molecule has 16 heavy (non-hydrogen) atoms. The van der Waals surface area contributed by atoms with Crippen LogP contribution in [0.1, 0.15) is 23.7 Å².